The highest BCUT2D eigenvalue weighted by Gasteiger charge is 2.09. The van der Waals surface area contributed by atoms with Gasteiger partial charge < -0.3 is 28.4 Å². The fourth-order valence-corrected chi connectivity index (χ4v) is 1.35. The van der Waals surface area contributed by atoms with Crippen LogP contribution in [0, 0.1) is 0 Å². The van der Waals surface area contributed by atoms with Crippen LogP contribution < -0.4 is 9.47 Å². The number of benzene rings is 1. The first kappa shape index (κ1) is 18.4. The molecule has 7 nitrogen and oxygen atoms in total. The van der Waals surface area contributed by atoms with Crippen molar-refractivity contribution in [3.8, 4) is 11.5 Å². The molecule has 0 radical (unpaired) electrons. The van der Waals surface area contributed by atoms with E-state index in [1.54, 1.807) is 32.0 Å². The molecule has 0 aromatic heterocycles. The Labute approximate surface area is 130 Å². The number of rotatable bonds is 11. The van der Waals surface area contributed by atoms with Gasteiger partial charge in [-0.05, 0) is 32.0 Å². The zero-order chi connectivity index (χ0) is 16.4. The van der Waals surface area contributed by atoms with Crippen LogP contribution in [0.2, 0.25) is 0 Å². The minimum atomic E-state index is -0.399. The number of carbonyl (C=O) groups excluding carboxylic acids is 1. The van der Waals surface area contributed by atoms with Gasteiger partial charge in [0.05, 0.1) is 0 Å². The van der Waals surface area contributed by atoms with E-state index in [0.717, 1.165) is 6.29 Å². The number of hydrogen-bond donors (Lipinski definition) is 0. The summed E-state index contributed by atoms with van der Waals surface area (Å²) in [7, 11) is 3.06. The summed E-state index contributed by atoms with van der Waals surface area (Å²) in [6.07, 6.45) is -0.0623. The SMILES string of the molecule is COC(C)OCOc1ccc(C=O)cc1OCOC(C)OC. The summed E-state index contributed by atoms with van der Waals surface area (Å²) < 4.78 is 31.3. The molecule has 22 heavy (non-hydrogen) atoms. The summed E-state index contributed by atoms with van der Waals surface area (Å²) in [5.74, 6) is 0.809. The molecule has 0 aliphatic heterocycles. The van der Waals surface area contributed by atoms with Crippen molar-refractivity contribution < 1.29 is 33.2 Å². The molecule has 1 rings (SSSR count). The fourth-order valence-electron chi connectivity index (χ4n) is 1.35. The summed E-state index contributed by atoms with van der Waals surface area (Å²) in [5, 5.41) is 0. The van der Waals surface area contributed by atoms with Gasteiger partial charge >= 0.3 is 0 Å². The molecule has 7 heteroatoms. The summed E-state index contributed by atoms with van der Waals surface area (Å²) in [4.78, 5) is 10.9. The van der Waals surface area contributed by atoms with Crippen LogP contribution in [0.5, 0.6) is 11.5 Å². The standard InChI is InChI=1S/C15H22O7/c1-11(17-3)19-9-21-14-6-5-13(8-16)7-15(14)22-10-20-12(2)18-4/h5-8,11-12H,9-10H2,1-4H3. The Kier molecular flexibility index (Phi) is 8.46. The second-order valence-corrected chi connectivity index (χ2v) is 4.29. The van der Waals surface area contributed by atoms with Gasteiger partial charge in [-0.3, -0.25) is 4.79 Å². The van der Waals surface area contributed by atoms with Crippen molar-refractivity contribution in [1.29, 1.82) is 0 Å². The first-order valence-electron chi connectivity index (χ1n) is 6.74. The molecule has 0 aliphatic carbocycles. The Hall–Kier alpha value is -1.67. The average Bonchev–Trinajstić information content (AvgIpc) is 2.55. The second kappa shape index (κ2) is 10.1. The third kappa shape index (κ3) is 6.40. The zero-order valence-corrected chi connectivity index (χ0v) is 13.2. The van der Waals surface area contributed by atoms with Gasteiger partial charge in [0.25, 0.3) is 0 Å². The molecule has 0 bridgehead atoms. The van der Waals surface area contributed by atoms with E-state index >= 15 is 0 Å². The highest BCUT2D eigenvalue weighted by atomic mass is 16.8. The van der Waals surface area contributed by atoms with E-state index in [9.17, 15) is 4.79 Å². The Morgan fingerprint density at radius 1 is 0.955 bits per heavy atom. The molecule has 0 saturated carbocycles. The quantitative estimate of drug-likeness (QED) is 0.458. The molecule has 0 amide bonds. The van der Waals surface area contributed by atoms with Crippen LogP contribution in [0.15, 0.2) is 18.2 Å². The summed E-state index contributed by atoms with van der Waals surface area (Å²) in [6.45, 7) is 3.43. The van der Waals surface area contributed by atoms with Gasteiger partial charge in [0.1, 0.15) is 6.29 Å². The summed E-state index contributed by atoms with van der Waals surface area (Å²) in [6, 6.07) is 4.80. The van der Waals surface area contributed by atoms with E-state index in [0.29, 0.717) is 17.1 Å². The zero-order valence-electron chi connectivity index (χ0n) is 13.2. The van der Waals surface area contributed by atoms with Crippen LogP contribution >= 0.6 is 0 Å². The van der Waals surface area contributed by atoms with E-state index in [4.69, 9.17) is 28.4 Å². The number of methoxy groups -OCH3 is 2. The van der Waals surface area contributed by atoms with Gasteiger partial charge in [0, 0.05) is 19.8 Å². The van der Waals surface area contributed by atoms with E-state index in [1.165, 1.54) is 14.2 Å². The minimum absolute atomic E-state index is 0.0128. The normalized spacial score (nSPS) is 13.5. The van der Waals surface area contributed by atoms with Gasteiger partial charge in [-0.1, -0.05) is 0 Å². The molecule has 0 heterocycles. The van der Waals surface area contributed by atoms with Gasteiger partial charge in [-0.15, -0.1) is 0 Å². The van der Waals surface area contributed by atoms with Crippen molar-refractivity contribution in [2.45, 2.75) is 26.4 Å². The molecule has 2 unspecified atom stereocenters. The molecule has 0 aliphatic rings. The van der Waals surface area contributed by atoms with Gasteiger partial charge in [0.15, 0.2) is 37.7 Å². The van der Waals surface area contributed by atoms with Crippen LogP contribution in [-0.2, 0) is 18.9 Å². The van der Waals surface area contributed by atoms with E-state index in [2.05, 4.69) is 0 Å². The van der Waals surface area contributed by atoms with Crippen molar-refractivity contribution in [2.75, 3.05) is 27.8 Å². The van der Waals surface area contributed by atoms with Crippen molar-refractivity contribution >= 4 is 6.29 Å². The summed E-state index contributed by atoms with van der Waals surface area (Å²) >= 11 is 0. The first-order valence-corrected chi connectivity index (χ1v) is 6.74. The van der Waals surface area contributed by atoms with Crippen LogP contribution in [0.25, 0.3) is 0 Å². The van der Waals surface area contributed by atoms with E-state index in [-0.39, 0.29) is 19.9 Å². The monoisotopic (exact) mass is 314 g/mol. The molecule has 0 saturated heterocycles. The minimum Gasteiger partial charge on any atom is -0.464 e. The smallest absolute Gasteiger partial charge is 0.192 e. The molecule has 0 N–H and O–H groups in total. The van der Waals surface area contributed by atoms with Crippen molar-refractivity contribution in [3.05, 3.63) is 23.8 Å². The molecule has 1 aromatic carbocycles. The molecule has 2 atom stereocenters. The molecule has 0 fully saturated rings. The second-order valence-electron chi connectivity index (χ2n) is 4.29. The number of ether oxygens (including phenoxy) is 6. The lowest BCUT2D eigenvalue weighted by Crippen LogP contribution is -2.16. The molecule has 0 spiro atoms. The number of aldehydes is 1. The van der Waals surface area contributed by atoms with Crippen LogP contribution in [0.1, 0.15) is 24.2 Å². The highest BCUT2D eigenvalue weighted by molar-refractivity contribution is 5.76. The Balaban J connectivity index is 2.63. The van der Waals surface area contributed by atoms with Gasteiger partial charge in [-0.2, -0.15) is 0 Å². The third-order valence-electron chi connectivity index (χ3n) is 2.80. The molecular formula is C15H22O7. The molecule has 1 aromatic rings. The predicted molar refractivity (Wildman–Crippen MR) is 77.9 cm³/mol. The average molecular weight is 314 g/mol. The van der Waals surface area contributed by atoms with Crippen molar-refractivity contribution in [3.63, 3.8) is 0 Å². The topological polar surface area (TPSA) is 72.5 Å². The lowest BCUT2D eigenvalue weighted by Gasteiger charge is -2.16. The van der Waals surface area contributed by atoms with Crippen LogP contribution in [-0.4, -0.2) is 46.7 Å². The van der Waals surface area contributed by atoms with Gasteiger partial charge in [0.2, 0.25) is 0 Å². The maximum Gasteiger partial charge on any atom is 0.192 e. The first-order chi connectivity index (χ1) is 10.6. The highest BCUT2D eigenvalue weighted by Crippen LogP contribution is 2.28. The van der Waals surface area contributed by atoms with Crippen molar-refractivity contribution in [1.82, 2.24) is 0 Å². The van der Waals surface area contributed by atoms with Crippen molar-refractivity contribution in [2.24, 2.45) is 0 Å². The largest absolute Gasteiger partial charge is 0.464 e. The molecule has 124 valence electrons. The van der Waals surface area contributed by atoms with E-state index in [1.807, 2.05) is 0 Å². The van der Waals surface area contributed by atoms with E-state index < -0.39 is 6.29 Å². The predicted octanol–water partition coefficient (Wildman–Crippen LogP) is 2.19. The van der Waals surface area contributed by atoms with Gasteiger partial charge in [-0.25, -0.2) is 0 Å². The lowest BCUT2D eigenvalue weighted by atomic mass is 10.2. The number of carbonyl (C=O) groups is 1. The Morgan fingerprint density at radius 2 is 1.50 bits per heavy atom. The summed E-state index contributed by atoms with van der Waals surface area (Å²) in [5.41, 5.74) is 0.466. The Bertz CT molecular complexity index is 450. The van der Waals surface area contributed by atoms with Crippen LogP contribution in [0.3, 0.4) is 0 Å². The molecular weight excluding hydrogens is 292 g/mol. The van der Waals surface area contributed by atoms with Crippen LogP contribution in [0.4, 0.5) is 0 Å². The lowest BCUT2D eigenvalue weighted by molar-refractivity contribution is -0.155. The fraction of sp³-hybridized carbons (Fsp3) is 0.533. The maximum absolute atomic E-state index is 10.9. The Morgan fingerprint density at radius 3 is 2.00 bits per heavy atom. The maximum atomic E-state index is 10.9. The number of hydrogen-bond acceptors (Lipinski definition) is 7. The third-order valence-corrected chi connectivity index (χ3v) is 2.80.